The molecule has 2 aromatic rings. The topological polar surface area (TPSA) is 34.9 Å². The minimum Gasteiger partial charge on any atom is -0.292 e. The number of hydrogen-bond acceptors (Lipinski definition) is 2. The number of aromatic nitrogens is 2. The lowest BCUT2D eigenvalue weighted by Crippen LogP contribution is -2.16. The quantitative estimate of drug-likeness (QED) is 0.803. The highest BCUT2D eigenvalue weighted by Gasteiger charge is 2.41. The summed E-state index contributed by atoms with van der Waals surface area (Å²) >= 11 is 0. The second-order valence-electron chi connectivity index (χ2n) is 5.20. The van der Waals surface area contributed by atoms with E-state index in [1.807, 2.05) is 13.0 Å². The van der Waals surface area contributed by atoms with Gasteiger partial charge in [-0.2, -0.15) is 18.3 Å². The van der Waals surface area contributed by atoms with E-state index in [0.717, 1.165) is 10.2 Å². The number of ketones is 1. The summed E-state index contributed by atoms with van der Waals surface area (Å²) in [6, 6.07) is 6.95. The van der Waals surface area contributed by atoms with E-state index >= 15 is 0 Å². The normalized spacial score (nSPS) is 15.1. The van der Waals surface area contributed by atoms with Crippen molar-refractivity contribution in [2.75, 3.05) is 0 Å². The molecule has 1 aromatic heterocycles. The molecule has 3 rings (SSSR count). The third kappa shape index (κ3) is 2.34. The van der Waals surface area contributed by atoms with E-state index < -0.39 is 11.9 Å². The molecule has 0 saturated carbocycles. The lowest BCUT2D eigenvalue weighted by atomic mass is 9.94. The zero-order chi connectivity index (χ0) is 15.2. The van der Waals surface area contributed by atoms with Crippen LogP contribution in [-0.4, -0.2) is 15.6 Å². The van der Waals surface area contributed by atoms with Gasteiger partial charge in [-0.3, -0.25) is 4.79 Å². The number of carbonyl (C=O) groups is 1. The molecular weight excluding hydrogens is 281 g/mol. The second-order valence-corrected chi connectivity index (χ2v) is 5.20. The number of Topliss-reactive ketones (excluding diaryl/α,β-unsaturated/α-hetero) is 1. The number of carbonyl (C=O) groups excluding carboxylic acids is 1. The minimum absolute atomic E-state index is 0.0280. The van der Waals surface area contributed by atoms with Crippen molar-refractivity contribution in [1.82, 2.24) is 9.78 Å². The average molecular weight is 294 g/mol. The first-order chi connectivity index (χ1) is 9.88. The Labute approximate surface area is 119 Å². The molecule has 6 heteroatoms. The van der Waals surface area contributed by atoms with Gasteiger partial charge in [0.1, 0.15) is 5.69 Å². The smallest absolute Gasteiger partial charge is 0.292 e. The van der Waals surface area contributed by atoms with Gasteiger partial charge in [-0.25, -0.2) is 4.68 Å². The van der Waals surface area contributed by atoms with Gasteiger partial charge in [-0.1, -0.05) is 12.1 Å². The first-order valence-corrected chi connectivity index (χ1v) is 6.67. The Morgan fingerprint density at radius 1 is 1.24 bits per heavy atom. The summed E-state index contributed by atoms with van der Waals surface area (Å²) in [4.78, 5) is 12.1. The predicted molar refractivity (Wildman–Crippen MR) is 70.6 cm³/mol. The maximum Gasteiger partial charge on any atom is 0.435 e. The van der Waals surface area contributed by atoms with Crippen LogP contribution in [0.2, 0.25) is 0 Å². The van der Waals surface area contributed by atoms with E-state index in [4.69, 9.17) is 0 Å². The molecule has 0 atom stereocenters. The number of aryl methyl sites for hydroxylation is 1. The third-order valence-corrected chi connectivity index (χ3v) is 3.59. The molecule has 0 fully saturated rings. The van der Waals surface area contributed by atoms with Crippen LogP contribution in [0.4, 0.5) is 13.2 Å². The minimum atomic E-state index is -4.54. The van der Waals surface area contributed by atoms with Gasteiger partial charge in [0.05, 0.1) is 5.69 Å². The van der Waals surface area contributed by atoms with Crippen molar-refractivity contribution in [2.45, 2.75) is 32.4 Å². The van der Waals surface area contributed by atoms with Gasteiger partial charge in [0.15, 0.2) is 11.5 Å². The predicted octanol–water partition coefficient (Wildman–Crippen LogP) is 3.72. The monoisotopic (exact) mass is 294 g/mol. The molecule has 0 saturated heterocycles. The van der Waals surface area contributed by atoms with Gasteiger partial charge in [0, 0.05) is 12.0 Å². The number of halogens is 3. The Bertz CT molecular complexity index is 716. The highest BCUT2D eigenvalue weighted by molar-refractivity contribution is 5.97. The zero-order valence-electron chi connectivity index (χ0n) is 11.4. The summed E-state index contributed by atoms with van der Waals surface area (Å²) in [5, 5.41) is 3.70. The molecule has 0 radical (unpaired) electrons. The first kappa shape index (κ1) is 13.9. The largest absolute Gasteiger partial charge is 0.435 e. The molecule has 0 amide bonds. The van der Waals surface area contributed by atoms with E-state index in [-0.39, 0.29) is 29.9 Å². The molecule has 0 aliphatic heterocycles. The standard InChI is InChI=1S/C15H13F3N2O/c1-9-4-2-5-10(8-9)20-13-11(6-3-7-12(13)21)14(19-20)15(16,17)18/h2,4-5,8H,3,6-7H2,1H3. The Kier molecular flexibility index (Phi) is 3.11. The van der Waals surface area contributed by atoms with E-state index in [0.29, 0.717) is 12.1 Å². The van der Waals surface area contributed by atoms with Crippen LogP contribution in [0.1, 0.15) is 40.2 Å². The lowest BCUT2D eigenvalue weighted by Gasteiger charge is -2.13. The second kappa shape index (κ2) is 4.72. The van der Waals surface area contributed by atoms with Crippen molar-refractivity contribution >= 4 is 5.78 Å². The summed E-state index contributed by atoms with van der Waals surface area (Å²) in [7, 11) is 0. The van der Waals surface area contributed by atoms with Crippen LogP contribution in [0, 0.1) is 6.92 Å². The van der Waals surface area contributed by atoms with Crippen molar-refractivity contribution in [1.29, 1.82) is 0 Å². The van der Waals surface area contributed by atoms with Crippen molar-refractivity contribution in [2.24, 2.45) is 0 Å². The fourth-order valence-electron chi connectivity index (χ4n) is 2.69. The maximum absolute atomic E-state index is 13.1. The summed E-state index contributed by atoms with van der Waals surface area (Å²) in [5.41, 5.74) is 0.553. The third-order valence-electron chi connectivity index (χ3n) is 3.59. The molecule has 0 unspecified atom stereocenters. The van der Waals surface area contributed by atoms with E-state index in [9.17, 15) is 18.0 Å². The van der Waals surface area contributed by atoms with Gasteiger partial charge < -0.3 is 0 Å². The van der Waals surface area contributed by atoms with Crippen LogP contribution in [0.3, 0.4) is 0 Å². The van der Waals surface area contributed by atoms with E-state index in [1.165, 1.54) is 0 Å². The zero-order valence-corrected chi connectivity index (χ0v) is 11.4. The summed E-state index contributed by atoms with van der Waals surface area (Å²) in [6.07, 6.45) is -3.60. The number of hydrogen-bond donors (Lipinski definition) is 0. The lowest BCUT2D eigenvalue weighted by molar-refractivity contribution is -0.142. The Balaban J connectivity index is 2.26. The Morgan fingerprint density at radius 2 is 2.00 bits per heavy atom. The van der Waals surface area contributed by atoms with Crippen molar-refractivity contribution in [3.05, 3.63) is 46.8 Å². The van der Waals surface area contributed by atoms with Crippen LogP contribution >= 0.6 is 0 Å². The number of rotatable bonds is 1. The molecule has 0 spiro atoms. The molecule has 1 aromatic carbocycles. The fourth-order valence-corrected chi connectivity index (χ4v) is 2.69. The van der Waals surface area contributed by atoms with Crippen molar-refractivity contribution in [3.8, 4) is 5.69 Å². The molecule has 1 aliphatic rings. The van der Waals surface area contributed by atoms with Gasteiger partial charge >= 0.3 is 6.18 Å². The molecule has 21 heavy (non-hydrogen) atoms. The van der Waals surface area contributed by atoms with E-state index in [2.05, 4.69) is 5.10 Å². The Hall–Kier alpha value is -2.11. The summed E-state index contributed by atoms with van der Waals surface area (Å²) in [5.74, 6) is -0.277. The van der Waals surface area contributed by atoms with Crippen molar-refractivity contribution in [3.63, 3.8) is 0 Å². The summed E-state index contributed by atoms with van der Waals surface area (Å²) in [6.45, 7) is 1.84. The molecule has 1 aliphatic carbocycles. The summed E-state index contributed by atoms with van der Waals surface area (Å²) < 4.78 is 40.5. The fraction of sp³-hybridized carbons (Fsp3) is 0.333. The highest BCUT2D eigenvalue weighted by atomic mass is 19.4. The highest BCUT2D eigenvalue weighted by Crippen LogP contribution is 2.36. The van der Waals surface area contributed by atoms with Crippen LogP contribution in [0.15, 0.2) is 24.3 Å². The van der Waals surface area contributed by atoms with Gasteiger partial charge in [-0.15, -0.1) is 0 Å². The van der Waals surface area contributed by atoms with Crippen LogP contribution in [0.5, 0.6) is 0 Å². The van der Waals surface area contributed by atoms with Crippen LogP contribution < -0.4 is 0 Å². The molecular formula is C15H13F3N2O. The number of fused-ring (bicyclic) bond motifs is 1. The van der Waals surface area contributed by atoms with Crippen LogP contribution in [-0.2, 0) is 12.6 Å². The van der Waals surface area contributed by atoms with E-state index in [1.54, 1.807) is 18.2 Å². The van der Waals surface area contributed by atoms with Gasteiger partial charge in [0.2, 0.25) is 0 Å². The SMILES string of the molecule is Cc1cccc(-n2nc(C(F)(F)F)c3c2C(=O)CCC3)c1. The van der Waals surface area contributed by atoms with Gasteiger partial charge in [-0.05, 0) is 37.5 Å². The molecule has 1 heterocycles. The maximum atomic E-state index is 13.1. The number of nitrogens with zero attached hydrogens (tertiary/aromatic N) is 2. The molecule has 0 N–H and O–H groups in total. The van der Waals surface area contributed by atoms with Crippen LogP contribution in [0.25, 0.3) is 5.69 Å². The molecule has 3 nitrogen and oxygen atoms in total. The first-order valence-electron chi connectivity index (χ1n) is 6.67. The number of benzene rings is 1. The average Bonchev–Trinajstić information content (AvgIpc) is 2.79. The number of alkyl halides is 3. The molecule has 0 bridgehead atoms. The Morgan fingerprint density at radius 3 is 2.67 bits per heavy atom. The van der Waals surface area contributed by atoms with Gasteiger partial charge in [0.25, 0.3) is 0 Å². The molecule has 110 valence electrons. The van der Waals surface area contributed by atoms with Crippen molar-refractivity contribution < 1.29 is 18.0 Å².